The van der Waals surface area contributed by atoms with Crippen LogP contribution < -0.4 is 16.8 Å². The first-order valence-electron chi connectivity index (χ1n) is 11.1. The number of hydrogen-bond donors (Lipinski definition) is 3. The average Bonchev–Trinajstić information content (AvgIpc) is 2.88. The summed E-state index contributed by atoms with van der Waals surface area (Å²) in [6.45, 7) is 6.40. The maximum atomic E-state index is 13.6. The van der Waals surface area contributed by atoms with E-state index < -0.39 is 5.41 Å². The number of nitrogen functional groups attached to an aromatic ring is 1. The lowest BCUT2D eigenvalue weighted by molar-refractivity contribution is -0.125. The molecule has 0 unspecified atom stereocenters. The molecule has 2 aromatic heterocycles. The Kier molecular flexibility index (Phi) is 7.02. The third kappa shape index (κ3) is 5.44. The number of aromatic nitrogens is 3. The first-order valence-corrected chi connectivity index (χ1v) is 11.1. The zero-order chi connectivity index (χ0) is 24.8. The van der Waals surface area contributed by atoms with Crippen LogP contribution in [0.15, 0.2) is 66.7 Å². The van der Waals surface area contributed by atoms with Gasteiger partial charge in [0.25, 0.3) is 0 Å². The summed E-state index contributed by atoms with van der Waals surface area (Å²) in [5, 5.41) is 6.64. The van der Waals surface area contributed by atoms with Gasteiger partial charge in [-0.15, -0.1) is 0 Å². The minimum Gasteiger partial charge on any atom is -0.385 e. The van der Waals surface area contributed by atoms with Gasteiger partial charge in [0, 0.05) is 42.9 Å². The Balaban J connectivity index is 1.53. The van der Waals surface area contributed by atoms with Crippen LogP contribution in [0.3, 0.4) is 0 Å². The van der Waals surface area contributed by atoms with Crippen LogP contribution in [0.5, 0.6) is 0 Å². The topological polar surface area (TPSA) is 151 Å². The summed E-state index contributed by atoms with van der Waals surface area (Å²) in [6, 6.07) is 11.3. The fourth-order valence-electron chi connectivity index (χ4n) is 3.88. The molecule has 0 aliphatic carbocycles. The summed E-state index contributed by atoms with van der Waals surface area (Å²) in [5.74, 6) is 1.09. The Labute approximate surface area is 203 Å². The van der Waals surface area contributed by atoms with Crippen LogP contribution in [0.1, 0.15) is 30.9 Å². The summed E-state index contributed by atoms with van der Waals surface area (Å²) in [6.07, 6.45) is 6.02. The number of amides is 1. The van der Waals surface area contributed by atoms with E-state index in [1.54, 1.807) is 37.6 Å². The normalized spacial score (nSPS) is 15.3. The van der Waals surface area contributed by atoms with E-state index in [0.717, 1.165) is 16.7 Å². The Morgan fingerprint density at radius 2 is 1.74 bits per heavy atom. The number of amidine groups is 1. The molecule has 0 spiro atoms. The second kappa shape index (κ2) is 10.3. The second-order valence-electron chi connectivity index (χ2n) is 8.24. The molecule has 10 heteroatoms. The minimum absolute atomic E-state index is 0.136. The maximum absolute atomic E-state index is 13.6. The van der Waals surface area contributed by atoms with E-state index in [0.29, 0.717) is 43.2 Å². The zero-order valence-electron chi connectivity index (χ0n) is 19.4. The molecule has 0 radical (unpaired) electrons. The van der Waals surface area contributed by atoms with Crippen LogP contribution in [0, 0.1) is 0 Å². The molecule has 1 aliphatic heterocycles. The fourth-order valence-corrected chi connectivity index (χ4v) is 3.88. The molecule has 5 N–H and O–H groups in total. The average molecular weight is 474 g/mol. The molecule has 0 bridgehead atoms. The molecule has 0 saturated carbocycles. The van der Waals surface area contributed by atoms with Crippen molar-refractivity contribution in [2.24, 2.45) is 10.9 Å². The van der Waals surface area contributed by atoms with Gasteiger partial charge in [-0.1, -0.05) is 36.0 Å². The lowest BCUT2D eigenvalue weighted by Crippen LogP contribution is -2.45. The molecule has 35 heavy (non-hydrogen) atoms. The molecule has 1 amide bonds. The quantitative estimate of drug-likeness (QED) is 0.205. The Hall–Kier alpha value is -4.31. The predicted molar refractivity (Wildman–Crippen MR) is 134 cm³/mol. The van der Waals surface area contributed by atoms with E-state index in [4.69, 9.17) is 21.0 Å². The van der Waals surface area contributed by atoms with Crippen molar-refractivity contribution >= 4 is 29.3 Å². The molecule has 1 aliphatic rings. The SMILES string of the molecule is C=C(O/N=C(/C)N)c1ccc(NC(=O)C2(c3ccc(-c4cnc(N)nc4)cc3)CCOCC2)nc1. The number of oxime groups is 1. The van der Waals surface area contributed by atoms with Crippen LogP contribution in [-0.2, 0) is 19.8 Å². The van der Waals surface area contributed by atoms with E-state index >= 15 is 0 Å². The van der Waals surface area contributed by atoms with Crippen molar-refractivity contribution in [3.05, 3.63) is 72.7 Å². The third-order valence-corrected chi connectivity index (χ3v) is 5.85. The van der Waals surface area contributed by atoms with Gasteiger partial charge < -0.3 is 26.4 Å². The van der Waals surface area contributed by atoms with Crippen LogP contribution >= 0.6 is 0 Å². The number of benzene rings is 1. The zero-order valence-corrected chi connectivity index (χ0v) is 19.4. The number of anilines is 2. The van der Waals surface area contributed by atoms with E-state index in [1.807, 2.05) is 24.3 Å². The largest absolute Gasteiger partial charge is 0.385 e. The summed E-state index contributed by atoms with van der Waals surface area (Å²) < 4.78 is 5.57. The van der Waals surface area contributed by atoms with E-state index in [2.05, 4.69) is 32.0 Å². The highest BCUT2D eigenvalue weighted by Gasteiger charge is 2.42. The van der Waals surface area contributed by atoms with Crippen molar-refractivity contribution in [3.63, 3.8) is 0 Å². The molecule has 3 aromatic rings. The van der Waals surface area contributed by atoms with E-state index in [1.165, 1.54) is 0 Å². The number of hydrogen-bond acceptors (Lipinski definition) is 8. The van der Waals surface area contributed by atoms with Crippen molar-refractivity contribution in [1.82, 2.24) is 15.0 Å². The second-order valence-corrected chi connectivity index (χ2v) is 8.24. The number of pyridine rings is 1. The van der Waals surface area contributed by atoms with Crippen molar-refractivity contribution in [2.45, 2.75) is 25.2 Å². The molecule has 1 fully saturated rings. The molecule has 10 nitrogen and oxygen atoms in total. The molecule has 4 rings (SSSR count). The van der Waals surface area contributed by atoms with Gasteiger partial charge >= 0.3 is 0 Å². The van der Waals surface area contributed by atoms with E-state index in [9.17, 15) is 4.79 Å². The molecular formula is C25H27N7O3. The molecule has 3 heterocycles. The third-order valence-electron chi connectivity index (χ3n) is 5.85. The van der Waals surface area contributed by atoms with Crippen LogP contribution in [0.2, 0.25) is 0 Å². The van der Waals surface area contributed by atoms with Gasteiger partial charge in [0.05, 0.1) is 5.41 Å². The summed E-state index contributed by atoms with van der Waals surface area (Å²) in [5.41, 5.74) is 13.6. The van der Waals surface area contributed by atoms with Gasteiger partial charge in [0.15, 0.2) is 5.76 Å². The van der Waals surface area contributed by atoms with Gasteiger partial charge in [-0.05, 0) is 43.0 Å². The highest BCUT2D eigenvalue weighted by Crippen LogP contribution is 2.37. The van der Waals surface area contributed by atoms with Crippen LogP contribution in [-0.4, -0.2) is 39.9 Å². The molecule has 0 atom stereocenters. The number of nitrogens with two attached hydrogens (primary N) is 2. The lowest BCUT2D eigenvalue weighted by Gasteiger charge is -2.36. The minimum atomic E-state index is -0.741. The smallest absolute Gasteiger partial charge is 0.236 e. The summed E-state index contributed by atoms with van der Waals surface area (Å²) in [4.78, 5) is 31.1. The maximum Gasteiger partial charge on any atom is 0.236 e. The number of ether oxygens (including phenoxy) is 1. The van der Waals surface area contributed by atoms with Crippen LogP contribution in [0.4, 0.5) is 11.8 Å². The van der Waals surface area contributed by atoms with Gasteiger partial charge in [0.2, 0.25) is 11.9 Å². The first kappa shape index (κ1) is 23.8. The summed E-state index contributed by atoms with van der Waals surface area (Å²) >= 11 is 0. The number of carbonyl (C=O) groups is 1. The molecular weight excluding hydrogens is 446 g/mol. The van der Waals surface area contributed by atoms with Crippen LogP contribution in [0.25, 0.3) is 16.9 Å². The lowest BCUT2D eigenvalue weighted by atomic mass is 9.73. The van der Waals surface area contributed by atoms with Gasteiger partial charge in [-0.2, -0.15) is 0 Å². The van der Waals surface area contributed by atoms with Gasteiger partial charge in [0.1, 0.15) is 11.7 Å². The summed E-state index contributed by atoms with van der Waals surface area (Å²) in [7, 11) is 0. The number of nitrogens with zero attached hydrogens (tertiary/aromatic N) is 4. The molecule has 180 valence electrons. The Morgan fingerprint density at radius 1 is 1.06 bits per heavy atom. The Morgan fingerprint density at radius 3 is 2.34 bits per heavy atom. The number of nitrogens with one attached hydrogen (secondary N) is 1. The molecule has 1 aromatic carbocycles. The van der Waals surface area contributed by atoms with Crippen molar-refractivity contribution < 1.29 is 14.4 Å². The highest BCUT2D eigenvalue weighted by molar-refractivity contribution is 5.98. The Bertz CT molecular complexity index is 1210. The van der Waals surface area contributed by atoms with Gasteiger partial charge in [-0.25, -0.2) is 15.0 Å². The number of rotatable bonds is 7. The standard InChI is InChI=1S/C25H27N7O3/c1-16(35-32-17(2)26)19-5-8-22(28-13-19)31-23(33)25(9-11-34-12-10-25)21-6-3-18(4-7-21)20-14-29-24(27)30-15-20/h3-8,13-15H,1,9-12H2,2H3,(H2,26,32)(H2,27,29,30)(H,28,31,33). The highest BCUT2D eigenvalue weighted by atomic mass is 16.6. The van der Waals surface area contributed by atoms with E-state index in [-0.39, 0.29) is 17.7 Å². The monoisotopic (exact) mass is 473 g/mol. The van der Waals surface area contributed by atoms with Crippen molar-refractivity contribution in [2.75, 3.05) is 24.3 Å². The first-order chi connectivity index (χ1) is 16.9. The van der Waals surface area contributed by atoms with Crippen molar-refractivity contribution in [3.8, 4) is 11.1 Å². The van der Waals surface area contributed by atoms with Gasteiger partial charge in [-0.3, -0.25) is 4.79 Å². The van der Waals surface area contributed by atoms with Crippen molar-refractivity contribution in [1.29, 1.82) is 0 Å². The predicted octanol–water partition coefficient (Wildman–Crippen LogP) is 3.09. The fraction of sp³-hybridized carbons (Fsp3) is 0.240. The molecule has 1 saturated heterocycles. The number of carbonyl (C=O) groups excluding carboxylic acids is 1.